The number of nitrogens with zero attached hydrogens (tertiary/aromatic N) is 3. The van der Waals surface area contributed by atoms with Crippen molar-refractivity contribution >= 4 is 23.0 Å². The van der Waals surface area contributed by atoms with E-state index >= 15 is 0 Å². The lowest BCUT2D eigenvalue weighted by Crippen LogP contribution is -2.21. The van der Waals surface area contributed by atoms with Crippen LogP contribution in [0.2, 0.25) is 0 Å². The van der Waals surface area contributed by atoms with Crippen LogP contribution in [0.15, 0.2) is 46.6 Å². The number of hydrogen-bond donors (Lipinski definition) is 1. The summed E-state index contributed by atoms with van der Waals surface area (Å²) in [7, 11) is 4.99. The third kappa shape index (κ3) is 3.85. The predicted molar refractivity (Wildman–Crippen MR) is 90.8 cm³/mol. The van der Waals surface area contributed by atoms with Crippen LogP contribution in [0, 0.1) is 6.92 Å². The van der Waals surface area contributed by atoms with Crippen molar-refractivity contribution in [1.29, 1.82) is 0 Å². The Hall–Kier alpha value is -2.89. The van der Waals surface area contributed by atoms with Crippen LogP contribution in [0.4, 0.5) is 17.1 Å². The number of carbonyl (C=O) groups is 1. The van der Waals surface area contributed by atoms with Crippen molar-refractivity contribution in [3.8, 4) is 5.75 Å². The zero-order valence-electron chi connectivity index (χ0n) is 13.7. The summed E-state index contributed by atoms with van der Waals surface area (Å²) in [5, 5.41) is 8.42. The molecule has 6 heteroatoms. The molecule has 2 rings (SSSR count). The minimum Gasteiger partial charge on any atom is -0.495 e. The first-order valence-corrected chi connectivity index (χ1v) is 7.10. The van der Waals surface area contributed by atoms with Crippen LogP contribution in [0.3, 0.4) is 0 Å². The van der Waals surface area contributed by atoms with Gasteiger partial charge in [0.05, 0.1) is 24.2 Å². The maximum Gasteiger partial charge on any atom is 0.253 e. The van der Waals surface area contributed by atoms with Gasteiger partial charge in [-0.2, -0.15) is 10.2 Å². The van der Waals surface area contributed by atoms with Gasteiger partial charge in [-0.25, -0.2) is 0 Å². The molecule has 0 saturated carbocycles. The molecule has 0 aliphatic carbocycles. The molecule has 0 bridgehead atoms. The SMILES string of the molecule is COc1cc(N=Nc2ccc(C(=O)N(C)C)cc2)c(C)cc1N. The summed E-state index contributed by atoms with van der Waals surface area (Å²) in [6.45, 7) is 1.91. The van der Waals surface area contributed by atoms with E-state index in [1.165, 1.54) is 4.90 Å². The summed E-state index contributed by atoms with van der Waals surface area (Å²) in [4.78, 5) is 13.4. The van der Waals surface area contributed by atoms with Crippen molar-refractivity contribution in [2.24, 2.45) is 10.2 Å². The molecule has 6 nitrogen and oxygen atoms in total. The van der Waals surface area contributed by atoms with Gasteiger partial charge >= 0.3 is 0 Å². The first-order chi connectivity index (χ1) is 10.9. The second-order valence-corrected chi connectivity index (χ2v) is 5.33. The predicted octanol–water partition coefficient (Wildman–Crippen LogP) is 3.70. The Morgan fingerprint density at radius 1 is 1.13 bits per heavy atom. The number of hydrogen-bond acceptors (Lipinski definition) is 5. The highest BCUT2D eigenvalue weighted by atomic mass is 16.5. The van der Waals surface area contributed by atoms with Gasteiger partial charge in [0.25, 0.3) is 5.91 Å². The van der Waals surface area contributed by atoms with E-state index in [0.717, 1.165) is 5.56 Å². The Bertz CT molecular complexity index is 737. The second-order valence-electron chi connectivity index (χ2n) is 5.33. The second kappa shape index (κ2) is 6.91. The molecule has 0 atom stereocenters. The summed E-state index contributed by atoms with van der Waals surface area (Å²) in [5.74, 6) is 0.518. The lowest BCUT2D eigenvalue weighted by Gasteiger charge is -2.09. The zero-order valence-corrected chi connectivity index (χ0v) is 13.7. The summed E-state index contributed by atoms with van der Waals surface area (Å²) in [6, 6.07) is 10.5. The largest absolute Gasteiger partial charge is 0.495 e. The van der Waals surface area contributed by atoms with Gasteiger partial charge in [-0.3, -0.25) is 4.79 Å². The van der Waals surface area contributed by atoms with E-state index in [0.29, 0.717) is 28.4 Å². The highest BCUT2D eigenvalue weighted by molar-refractivity contribution is 5.94. The molecule has 0 aliphatic heterocycles. The number of carbonyl (C=O) groups excluding carboxylic acids is 1. The van der Waals surface area contributed by atoms with E-state index in [1.807, 2.05) is 6.92 Å². The average molecular weight is 312 g/mol. The molecule has 0 fully saturated rings. The highest BCUT2D eigenvalue weighted by Gasteiger charge is 2.07. The van der Waals surface area contributed by atoms with Gasteiger partial charge < -0.3 is 15.4 Å². The van der Waals surface area contributed by atoms with Gasteiger partial charge in [0.15, 0.2) is 0 Å². The van der Waals surface area contributed by atoms with E-state index in [4.69, 9.17) is 10.5 Å². The van der Waals surface area contributed by atoms with E-state index in [9.17, 15) is 4.79 Å². The van der Waals surface area contributed by atoms with E-state index in [2.05, 4.69) is 10.2 Å². The highest BCUT2D eigenvalue weighted by Crippen LogP contribution is 2.31. The van der Waals surface area contributed by atoms with Gasteiger partial charge in [-0.1, -0.05) is 0 Å². The summed E-state index contributed by atoms with van der Waals surface area (Å²) >= 11 is 0. The third-order valence-electron chi connectivity index (χ3n) is 3.34. The van der Waals surface area contributed by atoms with Gasteiger partial charge in [0.1, 0.15) is 5.75 Å². The van der Waals surface area contributed by atoms with E-state index in [1.54, 1.807) is 57.6 Å². The van der Waals surface area contributed by atoms with Crippen molar-refractivity contribution in [2.45, 2.75) is 6.92 Å². The first kappa shape index (κ1) is 16.5. The number of anilines is 1. The molecule has 0 aromatic heterocycles. The number of nitrogen functional groups attached to an aromatic ring is 1. The number of methoxy groups -OCH3 is 1. The molecule has 120 valence electrons. The van der Waals surface area contributed by atoms with Crippen LogP contribution in [0.25, 0.3) is 0 Å². The van der Waals surface area contributed by atoms with Crippen molar-refractivity contribution in [3.63, 3.8) is 0 Å². The molecule has 2 N–H and O–H groups in total. The van der Waals surface area contributed by atoms with Crippen LogP contribution in [0.5, 0.6) is 5.75 Å². The summed E-state index contributed by atoms with van der Waals surface area (Å²) in [5.41, 5.74) is 9.28. The minimum absolute atomic E-state index is 0.0485. The smallest absolute Gasteiger partial charge is 0.253 e. The molecule has 0 radical (unpaired) electrons. The van der Waals surface area contributed by atoms with Crippen molar-refractivity contribution < 1.29 is 9.53 Å². The van der Waals surface area contributed by atoms with Crippen LogP contribution in [0.1, 0.15) is 15.9 Å². The minimum atomic E-state index is -0.0485. The van der Waals surface area contributed by atoms with Gasteiger partial charge in [0.2, 0.25) is 0 Å². The quantitative estimate of drug-likeness (QED) is 0.690. The molecule has 23 heavy (non-hydrogen) atoms. The van der Waals surface area contributed by atoms with Crippen molar-refractivity contribution in [1.82, 2.24) is 4.90 Å². The number of aryl methyl sites for hydroxylation is 1. The number of ether oxygens (including phenoxy) is 1. The van der Waals surface area contributed by atoms with Crippen LogP contribution < -0.4 is 10.5 Å². The average Bonchev–Trinajstić information content (AvgIpc) is 2.54. The Morgan fingerprint density at radius 3 is 2.35 bits per heavy atom. The maximum atomic E-state index is 11.8. The third-order valence-corrected chi connectivity index (χ3v) is 3.34. The maximum absolute atomic E-state index is 11.8. The lowest BCUT2D eigenvalue weighted by atomic mass is 10.1. The van der Waals surface area contributed by atoms with Crippen molar-refractivity contribution in [3.05, 3.63) is 47.5 Å². The molecule has 0 spiro atoms. The molecule has 0 aliphatic rings. The first-order valence-electron chi connectivity index (χ1n) is 7.10. The molecule has 0 heterocycles. The number of nitrogens with two attached hydrogens (primary N) is 1. The number of amides is 1. The molecular formula is C17H20N4O2. The fraction of sp³-hybridized carbons (Fsp3) is 0.235. The molecule has 2 aromatic carbocycles. The van der Waals surface area contributed by atoms with E-state index < -0.39 is 0 Å². The monoisotopic (exact) mass is 312 g/mol. The lowest BCUT2D eigenvalue weighted by molar-refractivity contribution is 0.0827. The normalized spacial score (nSPS) is 10.8. The van der Waals surface area contributed by atoms with E-state index in [-0.39, 0.29) is 5.91 Å². The Morgan fingerprint density at radius 2 is 1.78 bits per heavy atom. The number of benzene rings is 2. The Balaban J connectivity index is 2.22. The Kier molecular flexibility index (Phi) is 4.95. The molecular weight excluding hydrogens is 292 g/mol. The van der Waals surface area contributed by atoms with Gasteiger partial charge in [-0.15, -0.1) is 0 Å². The molecule has 0 unspecified atom stereocenters. The Labute approximate surface area is 135 Å². The number of azo groups is 1. The molecule has 0 saturated heterocycles. The van der Waals surface area contributed by atoms with Crippen LogP contribution in [-0.2, 0) is 0 Å². The van der Waals surface area contributed by atoms with Gasteiger partial charge in [0, 0.05) is 25.7 Å². The fourth-order valence-corrected chi connectivity index (χ4v) is 2.02. The molecule has 1 amide bonds. The summed E-state index contributed by atoms with van der Waals surface area (Å²) < 4.78 is 5.19. The molecule has 2 aromatic rings. The van der Waals surface area contributed by atoms with Crippen molar-refractivity contribution in [2.75, 3.05) is 26.9 Å². The zero-order chi connectivity index (χ0) is 17.0. The number of rotatable bonds is 4. The van der Waals surface area contributed by atoms with Gasteiger partial charge in [-0.05, 0) is 42.8 Å². The fourth-order valence-electron chi connectivity index (χ4n) is 2.02. The van der Waals surface area contributed by atoms with Crippen LogP contribution in [-0.4, -0.2) is 32.0 Å². The standard InChI is InChI=1S/C17H20N4O2/c1-11-9-14(18)16(23-4)10-15(11)20-19-13-7-5-12(6-8-13)17(22)21(2)3/h5-10H,18H2,1-4H3. The topological polar surface area (TPSA) is 80.3 Å². The van der Waals surface area contributed by atoms with Crippen LogP contribution >= 0.6 is 0 Å². The summed E-state index contributed by atoms with van der Waals surface area (Å²) in [6.07, 6.45) is 0.